The van der Waals surface area contributed by atoms with Crippen LogP contribution >= 0.6 is 0 Å². The van der Waals surface area contributed by atoms with Crippen molar-refractivity contribution in [3.63, 3.8) is 0 Å². The van der Waals surface area contributed by atoms with Gasteiger partial charge in [-0.05, 0) is 25.5 Å². The average molecular weight is 219 g/mol. The van der Waals surface area contributed by atoms with E-state index in [2.05, 4.69) is 0 Å². The Morgan fingerprint density at radius 1 is 1.31 bits per heavy atom. The Hall–Kier alpha value is -1.71. The topological polar surface area (TPSA) is 38.8 Å². The largest absolute Gasteiger partial charge is 0.454 e. The molecule has 0 unspecified atom stereocenters. The molecule has 0 aliphatic carbocycles. The first-order valence-corrected chi connectivity index (χ1v) is 5.41. The lowest BCUT2D eigenvalue weighted by Gasteiger charge is -2.19. The van der Waals surface area contributed by atoms with E-state index in [-0.39, 0.29) is 18.7 Å². The van der Waals surface area contributed by atoms with Crippen molar-refractivity contribution in [2.75, 3.05) is 6.79 Å². The second-order valence-corrected chi connectivity index (χ2v) is 4.36. The van der Waals surface area contributed by atoms with Crippen LogP contribution in [-0.2, 0) is 6.54 Å². The summed E-state index contributed by atoms with van der Waals surface area (Å²) in [5.41, 5.74) is 1.71. The van der Waals surface area contributed by atoms with Crippen LogP contribution in [0.4, 0.5) is 0 Å². The van der Waals surface area contributed by atoms with Crippen LogP contribution in [0.5, 0.6) is 11.5 Å². The maximum atomic E-state index is 12.2. The molecule has 0 atom stereocenters. The van der Waals surface area contributed by atoms with Crippen LogP contribution in [0.25, 0.3) is 0 Å². The van der Waals surface area contributed by atoms with Gasteiger partial charge < -0.3 is 14.4 Å². The Morgan fingerprint density at radius 2 is 2.12 bits per heavy atom. The lowest BCUT2D eigenvalue weighted by Crippen LogP contribution is -2.30. The molecule has 4 nitrogen and oxygen atoms in total. The maximum absolute atomic E-state index is 12.2. The molecular formula is C12H13NO3. The molecular weight excluding hydrogens is 206 g/mol. The number of hydrogen-bond acceptors (Lipinski definition) is 3. The molecule has 0 saturated carbocycles. The zero-order valence-corrected chi connectivity index (χ0v) is 9.32. The van der Waals surface area contributed by atoms with Crippen molar-refractivity contribution >= 4 is 5.91 Å². The van der Waals surface area contributed by atoms with Crippen molar-refractivity contribution in [3.8, 4) is 11.5 Å². The average Bonchev–Trinajstić information content (AvgIpc) is 2.81. The third-order valence-corrected chi connectivity index (χ3v) is 3.06. The van der Waals surface area contributed by atoms with Crippen LogP contribution < -0.4 is 9.47 Å². The van der Waals surface area contributed by atoms with E-state index < -0.39 is 0 Å². The molecule has 16 heavy (non-hydrogen) atoms. The van der Waals surface area contributed by atoms with Crippen LogP contribution in [0.3, 0.4) is 0 Å². The van der Waals surface area contributed by atoms with E-state index in [9.17, 15) is 4.79 Å². The molecule has 1 aromatic rings. The number of carbonyl (C=O) groups excluding carboxylic acids is 1. The number of carbonyl (C=O) groups is 1. The van der Waals surface area contributed by atoms with Crippen molar-refractivity contribution in [1.29, 1.82) is 0 Å². The van der Waals surface area contributed by atoms with Crippen LogP contribution in [0.15, 0.2) is 12.1 Å². The van der Waals surface area contributed by atoms with Crippen LogP contribution in [-0.4, -0.2) is 23.6 Å². The number of ether oxygens (including phenoxy) is 2. The summed E-state index contributed by atoms with van der Waals surface area (Å²) in [7, 11) is 0. The molecule has 2 heterocycles. The lowest BCUT2D eigenvalue weighted by atomic mass is 10.1. The van der Waals surface area contributed by atoms with Crippen LogP contribution in [0.1, 0.15) is 29.8 Å². The van der Waals surface area contributed by atoms with Gasteiger partial charge in [0.2, 0.25) is 6.79 Å². The number of amides is 1. The van der Waals surface area contributed by atoms with Crippen molar-refractivity contribution in [3.05, 3.63) is 23.3 Å². The van der Waals surface area contributed by atoms with Gasteiger partial charge in [-0.2, -0.15) is 0 Å². The standard InChI is InChI=1S/C12H13NO3/c1-7(2)13-5-8-3-4-9-11(16-6-15-9)10(8)12(13)14/h3-4,7H,5-6H2,1-2H3. The first-order chi connectivity index (χ1) is 7.68. The molecule has 0 bridgehead atoms. The minimum absolute atomic E-state index is 0.0485. The van der Waals surface area contributed by atoms with Gasteiger partial charge in [-0.3, -0.25) is 4.79 Å². The summed E-state index contributed by atoms with van der Waals surface area (Å²) in [6.45, 7) is 4.91. The molecule has 2 aliphatic heterocycles. The van der Waals surface area contributed by atoms with Crippen LogP contribution in [0, 0.1) is 0 Å². The van der Waals surface area contributed by atoms with E-state index in [1.54, 1.807) is 0 Å². The van der Waals surface area contributed by atoms with E-state index in [0.717, 1.165) is 5.56 Å². The lowest BCUT2D eigenvalue weighted by molar-refractivity contribution is 0.0727. The summed E-state index contributed by atoms with van der Waals surface area (Å²) < 4.78 is 10.6. The predicted molar refractivity (Wildman–Crippen MR) is 57.6 cm³/mol. The summed E-state index contributed by atoms with van der Waals surface area (Å²) in [5, 5.41) is 0. The SMILES string of the molecule is CC(C)N1Cc2ccc3c(c2C1=O)OCO3. The van der Waals surface area contributed by atoms with E-state index >= 15 is 0 Å². The fourth-order valence-corrected chi connectivity index (χ4v) is 2.20. The van der Waals surface area contributed by atoms with Gasteiger partial charge in [0, 0.05) is 12.6 Å². The monoisotopic (exact) mass is 219 g/mol. The summed E-state index contributed by atoms with van der Waals surface area (Å²) in [6, 6.07) is 4.03. The summed E-state index contributed by atoms with van der Waals surface area (Å²) in [4.78, 5) is 14.0. The van der Waals surface area contributed by atoms with E-state index in [0.29, 0.717) is 23.6 Å². The Labute approximate surface area is 93.8 Å². The van der Waals surface area contributed by atoms with Crippen LogP contribution in [0.2, 0.25) is 0 Å². The first-order valence-electron chi connectivity index (χ1n) is 5.41. The molecule has 1 amide bonds. The molecule has 84 valence electrons. The second kappa shape index (κ2) is 3.14. The summed E-state index contributed by atoms with van der Waals surface area (Å²) >= 11 is 0. The molecule has 0 aromatic heterocycles. The van der Waals surface area contributed by atoms with Gasteiger partial charge in [-0.15, -0.1) is 0 Å². The number of nitrogens with zero attached hydrogens (tertiary/aromatic N) is 1. The summed E-state index contributed by atoms with van der Waals surface area (Å²) in [6.07, 6.45) is 0. The highest BCUT2D eigenvalue weighted by atomic mass is 16.7. The highest BCUT2D eigenvalue weighted by Crippen LogP contribution is 2.41. The van der Waals surface area contributed by atoms with Gasteiger partial charge in [0.1, 0.15) is 0 Å². The van der Waals surface area contributed by atoms with Crippen molar-refractivity contribution in [2.45, 2.75) is 26.4 Å². The number of fused-ring (bicyclic) bond motifs is 3. The fourth-order valence-electron chi connectivity index (χ4n) is 2.20. The molecule has 1 aromatic carbocycles. The quantitative estimate of drug-likeness (QED) is 0.722. The highest BCUT2D eigenvalue weighted by Gasteiger charge is 2.35. The fraction of sp³-hybridized carbons (Fsp3) is 0.417. The molecule has 2 aliphatic rings. The molecule has 3 rings (SSSR count). The Bertz CT molecular complexity index is 468. The van der Waals surface area contributed by atoms with Gasteiger partial charge in [-0.25, -0.2) is 0 Å². The Morgan fingerprint density at radius 3 is 2.88 bits per heavy atom. The van der Waals surface area contributed by atoms with E-state index in [4.69, 9.17) is 9.47 Å². The van der Waals surface area contributed by atoms with Crippen molar-refractivity contribution in [1.82, 2.24) is 4.90 Å². The minimum atomic E-state index is 0.0485. The normalized spacial score (nSPS) is 17.2. The predicted octanol–water partition coefficient (Wildman–Crippen LogP) is 1.78. The molecule has 0 N–H and O–H groups in total. The molecule has 0 radical (unpaired) electrons. The van der Waals surface area contributed by atoms with Gasteiger partial charge >= 0.3 is 0 Å². The van der Waals surface area contributed by atoms with Crippen molar-refractivity contribution < 1.29 is 14.3 Å². The zero-order chi connectivity index (χ0) is 11.3. The van der Waals surface area contributed by atoms with E-state index in [1.807, 2.05) is 30.9 Å². The molecule has 0 spiro atoms. The molecule has 0 fully saturated rings. The van der Waals surface area contributed by atoms with Crippen molar-refractivity contribution in [2.24, 2.45) is 0 Å². The van der Waals surface area contributed by atoms with Gasteiger partial charge in [-0.1, -0.05) is 6.07 Å². The number of rotatable bonds is 1. The third-order valence-electron chi connectivity index (χ3n) is 3.06. The number of benzene rings is 1. The highest BCUT2D eigenvalue weighted by molar-refractivity contribution is 6.02. The third kappa shape index (κ3) is 1.13. The summed E-state index contributed by atoms with van der Waals surface area (Å²) in [5.74, 6) is 1.34. The van der Waals surface area contributed by atoms with E-state index in [1.165, 1.54) is 0 Å². The first kappa shape index (κ1) is 9.51. The Balaban J connectivity index is 2.11. The minimum Gasteiger partial charge on any atom is -0.454 e. The number of hydrogen-bond donors (Lipinski definition) is 0. The van der Waals surface area contributed by atoms with Gasteiger partial charge in [0.15, 0.2) is 11.5 Å². The van der Waals surface area contributed by atoms with Gasteiger partial charge in [0.25, 0.3) is 5.91 Å². The maximum Gasteiger partial charge on any atom is 0.258 e. The Kier molecular flexibility index (Phi) is 1.87. The smallest absolute Gasteiger partial charge is 0.258 e. The second-order valence-electron chi connectivity index (χ2n) is 4.36. The zero-order valence-electron chi connectivity index (χ0n) is 9.32. The molecule has 4 heteroatoms. The molecule has 0 saturated heterocycles. The van der Waals surface area contributed by atoms with Gasteiger partial charge in [0.05, 0.1) is 5.56 Å².